The second-order valence-corrected chi connectivity index (χ2v) is 22.3. The van der Waals surface area contributed by atoms with Crippen LogP contribution in [0.5, 0.6) is 0 Å². The van der Waals surface area contributed by atoms with E-state index in [9.17, 15) is 0 Å². The number of anilines is 2. The van der Waals surface area contributed by atoms with Gasteiger partial charge in [-0.05, 0) is 169 Å². The summed E-state index contributed by atoms with van der Waals surface area (Å²) in [5, 5.41) is 5.05. The van der Waals surface area contributed by atoms with Gasteiger partial charge in [0.1, 0.15) is 0 Å². The van der Waals surface area contributed by atoms with Gasteiger partial charge < -0.3 is 9.80 Å². The standard InChI is InChI=1S/C82H60N2/c1-7-23-57(24-8-1)59-39-43-63(44-40-59)75(61-27-11-3-12-28-61)51-65-47-49-73(79-55-83(53-77(65)79)67-31-15-5-16-32-67)81-69-35-19-21-37-71(69)82(72-38-22-20-36-70(72)81)74-50-48-66(78-54-84(56-80(74)78)68-33-17-6-18-34-68)52-76(62-29-13-4-14-30-62)64-45-41-60(42-46-64)58-25-9-2-10-26-58/h1-52H,53-56H2. The van der Waals surface area contributed by atoms with Crippen LogP contribution in [0.1, 0.15) is 55.6 Å². The van der Waals surface area contributed by atoms with E-state index in [4.69, 9.17) is 0 Å². The van der Waals surface area contributed by atoms with Crippen molar-refractivity contribution >= 4 is 56.2 Å². The second-order valence-electron chi connectivity index (χ2n) is 22.3. The number of fused-ring (bicyclic) bond motifs is 4. The first-order valence-electron chi connectivity index (χ1n) is 29.4. The minimum Gasteiger partial charge on any atom is -0.363 e. The van der Waals surface area contributed by atoms with Crippen LogP contribution in [0.3, 0.4) is 0 Å². The highest BCUT2D eigenvalue weighted by molar-refractivity contribution is 6.22. The SMILES string of the molecule is C(=C(c1ccccc1)c1ccc(-c2ccccc2)cc1)c1ccc(-c2c3ccccc3c(-c3ccc(C=C(c4ccccc4)c4ccc(-c5ccccc5)cc4)c4c3CN(c3ccccc3)C4)c3ccccc23)c2c1CN(c1ccccc1)C2. The van der Waals surface area contributed by atoms with Crippen LogP contribution in [0, 0.1) is 0 Å². The van der Waals surface area contributed by atoms with Crippen molar-refractivity contribution in [3.63, 3.8) is 0 Å². The highest BCUT2D eigenvalue weighted by atomic mass is 15.1. The van der Waals surface area contributed by atoms with Crippen molar-refractivity contribution in [3.05, 3.63) is 359 Å². The molecule has 2 aliphatic rings. The minimum absolute atomic E-state index is 0.799. The smallest absolute Gasteiger partial charge is 0.0443 e. The summed E-state index contributed by atoms with van der Waals surface area (Å²) in [4.78, 5) is 5.11. The predicted molar refractivity (Wildman–Crippen MR) is 356 cm³/mol. The molecule has 2 heteroatoms. The number of para-hydroxylation sites is 2. The normalized spacial score (nSPS) is 13.1. The first-order chi connectivity index (χ1) is 41.7. The van der Waals surface area contributed by atoms with E-state index in [1.807, 2.05) is 0 Å². The third-order valence-corrected chi connectivity index (χ3v) is 17.4. The van der Waals surface area contributed by atoms with Gasteiger partial charge in [0.15, 0.2) is 0 Å². The summed E-state index contributed by atoms with van der Waals surface area (Å²) >= 11 is 0. The van der Waals surface area contributed by atoms with Crippen LogP contribution in [-0.4, -0.2) is 0 Å². The van der Waals surface area contributed by atoms with Gasteiger partial charge in [0, 0.05) is 37.6 Å². The van der Waals surface area contributed by atoms with Crippen molar-refractivity contribution in [2.75, 3.05) is 9.80 Å². The molecule has 2 heterocycles. The van der Waals surface area contributed by atoms with Crippen LogP contribution in [0.2, 0.25) is 0 Å². The molecule has 0 spiro atoms. The fourth-order valence-corrected chi connectivity index (χ4v) is 13.3. The molecule has 0 fully saturated rings. The summed E-state index contributed by atoms with van der Waals surface area (Å²) in [6.07, 6.45) is 4.90. The van der Waals surface area contributed by atoms with Crippen LogP contribution in [-0.2, 0) is 26.2 Å². The molecule has 0 N–H and O–H groups in total. The number of hydrogen-bond acceptors (Lipinski definition) is 2. The van der Waals surface area contributed by atoms with Gasteiger partial charge in [0.05, 0.1) is 0 Å². The molecule has 0 bridgehead atoms. The van der Waals surface area contributed by atoms with Gasteiger partial charge in [-0.2, -0.15) is 0 Å². The fourth-order valence-electron chi connectivity index (χ4n) is 13.3. The number of rotatable bonds is 12. The van der Waals surface area contributed by atoms with Crippen molar-refractivity contribution in [2.45, 2.75) is 26.2 Å². The van der Waals surface area contributed by atoms with E-state index in [-0.39, 0.29) is 0 Å². The Morgan fingerprint density at radius 1 is 0.238 bits per heavy atom. The molecule has 0 unspecified atom stereocenters. The lowest BCUT2D eigenvalue weighted by Crippen LogP contribution is -2.14. The minimum atomic E-state index is 0.799. The highest BCUT2D eigenvalue weighted by Gasteiger charge is 2.30. The predicted octanol–water partition coefficient (Wildman–Crippen LogP) is 20.9. The van der Waals surface area contributed by atoms with Gasteiger partial charge in [0.25, 0.3) is 0 Å². The molecule has 13 aromatic carbocycles. The molecule has 0 aromatic heterocycles. The van der Waals surface area contributed by atoms with Crippen LogP contribution < -0.4 is 9.80 Å². The maximum absolute atomic E-state index is 2.56. The van der Waals surface area contributed by atoms with E-state index >= 15 is 0 Å². The van der Waals surface area contributed by atoms with Gasteiger partial charge in [-0.1, -0.05) is 279 Å². The molecule has 13 aromatic rings. The summed E-state index contributed by atoms with van der Waals surface area (Å²) in [5.74, 6) is 0. The molecule has 2 aliphatic heterocycles. The molecule has 398 valence electrons. The van der Waals surface area contributed by atoms with Gasteiger partial charge in [-0.25, -0.2) is 0 Å². The number of benzene rings is 13. The third kappa shape index (κ3) is 9.48. The average Bonchev–Trinajstić information content (AvgIpc) is 2.72. The monoisotopic (exact) mass is 1070 g/mol. The van der Waals surface area contributed by atoms with Crippen LogP contribution in [0.15, 0.2) is 303 Å². The van der Waals surface area contributed by atoms with E-state index in [1.54, 1.807) is 0 Å². The van der Waals surface area contributed by atoms with Gasteiger partial charge in [-0.15, -0.1) is 0 Å². The Morgan fingerprint density at radius 2 is 0.512 bits per heavy atom. The fraction of sp³-hybridized carbons (Fsp3) is 0.0488. The number of hydrogen-bond donors (Lipinski definition) is 0. The van der Waals surface area contributed by atoms with E-state index in [0.717, 1.165) is 26.2 Å². The Bertz CT molecular complexity index is 4230. The summed E-state index contributed by atoms with van der Waals surface area (Å²) in [7, 11) is 0. The molecule has 15 rings (SSSR count). The Morgan fingerprint density at radius 3 is 0.857 bits per heavy atom. The Hall–Kier alpha value is -10.5. The lowest BCUT2D eigenvalue weighted by molar-refractivity contribution is 0.880. The van der Waals surface area contributed by atoms with Gasteiger partial charge >= 0.3 is 0 Å². The molecular formula is C82H60N2. The van der Waals surface area contributed by atoms with Crippen molar-refractivity contribution in [1.29, 1.82) is 0 Å². The molecule has 0 saturated carbocycles. The summed E-state index contributed by atoms with van der Waals surface area (Å²) in [5.41, 5.74) is 27.7. The maximum Gasteiger partial charge on any atom is 0.0443 e. The van der Waals surface area contributed by atoms with Gasteiger partial charge in [-0.3, -0.25) is 0 Å². The summed E-state index contributed by atoms with van der Waals surface area (Å²) < 4.78 is 0. The molecule has 0 atom stereocenters. The van der Waals surface area contributed by atoms with Crippen molar-refractivity contribution in [2.24, 2.45) is 0 Å². The summed E-state index contributed by atoms with van der Waals surface area (Å²) in [6, 6.07) is 111. The van der Waals surface area contributed by atoms with Crippen molar-refractivity contribution < 1.29 is 0 Å². The van der Waals surface area contributed by atoms with Crippen LogP contribution in [0.4, 0.5) is 11.4 Å². The molecule has 2 nitrogen and oxygen atoms in total. The highest BCUT2D eigenvalue weighted by Crippen LogP contribution is 2.50. The number of nitrogens with zero attached hydrogens (tertiary/aromatic N) is 2. The molecule has 0 radical (unpaired) electrons. The van der Waals surface area contributed by atoms with Crippen LogP contribution >= 0.6 is 0 Å². The topological polar surface area (TPSA) is 6.48 Å². The summed E-state index contributed by atoms with van der Waals surface area (Å²) in [6.45, 7) is 3.20. The van der Waals surface area contributed by atoms with Crippen LogP contribution in [0.25, 0.3) is 89.4 Å². The molecular weight excluding hydrogens is 1010 g/mol. The van der Waals surface area contributed by atoms with Gasteiger partial charge in [0.2, 0.25) is 0 Å². The molecule has 84 heavy (non-hydrogen) atoms. The first-order valence-corrected chi connectivity index (χ1v) is 29.4. The third-order valence-electron chi connectivity index (χ3n) is 17.4. The second kappa shape index (κ2) is 22.1. The van der Waals surface area contributed by atoms with E-state index in [1.165, 1.54) is 144 Å². The zero-order chi connectivity index (χ0) is 55.8. The van der Waals surface area contributed by atoms with Crippen molar-refractivity contribution in [1.82, 2.24) is 0 Å². The zero-order valence-electron chi connectivity index (χ0n) is 46.7. The average molecular weight is 1070 g/mol. The van der Waals surface area contributed by atoms with E-state index in [0.29, 0.717) is 0 Å². The van der Waals surface area contributed by atoms with E-state index in [2.05, 4.69) is 325 Å². The Labute approximate surface area is 492 Å². The quantitative estimate of drug-likeness (QED) is 0.0889. The first kappa shape index (κ1) is 50.4. The maximum atomic E-state index is 2.56. The lowest BCUT2D eigenvalue weighted by atomic mass is 9.82. The molecule has 0 aliphatic carbocycles. The molecule has 0 saturated heterocycles. The lowest BCUT2D eigenvalue weighted by Gasteiger charge is -2.22. The Balaban J connectivity index is 0.904. The molecule has 0 amide bonds. The van der Waals surface area contributed by atoms with Crippen molar-refractivity contribution in [3.8, 4) is 44.5 Å². The zero-order valence-corrected chi connectivity index (χ0v) is 46.7. The van der Waals surface area contributed by atoms with E-state index < -0.39 is 0 Å². The largest absolute Gasteiger partial charge is 0.363 e. The Kier molecular flexibility index (Phi) is 13.3.